The largest absolute Gasteiger partial charge is 0.342 e. The van der Waals surface area contributed by atoms with Crippen LogP contribution in [0.2, 0.25) is 0 Å². The molecule has 17 heavy (non-hydrogen) atoms. The Morgan fingerprint density at radius 1 is 1.29 bits per heavy atom. The lowest BCUT2D eigenvalue weighted by Gasteiger charge is -2.38. The molecule has 0 bridgehead atoms. The molecule has 1 rings (SSSR count). The average molecular weight is 240 g/mol. The second kappa shape index (κ2) is 5.52. The van der Waals surface area contributed by atoms with Crippen LogP contribution in [0.25, 0.3) is 0 Å². The van der Waals surface area contributed by atoms with E-state index in [9.17, 15) is 9.59 Å². The van der Waals surface area contributed by atoms with Gasteiger partial charge in [-0.25, -0.2) is 0 Å². The predicted molar refractivity (Wildman–Crippen MR) is 67.5 cm³/mol. The number of rotatable bonds is 4. The number of unbranched alkanes of at least 4 members (excludes halogenated alkanes) is 2. The average Bonchev–Trinajstić information content (AvgIpc) is 2.21. The number of nitrogens with one attached hydrogen (secondary N) is 1. The maximum Gasteiger partial charge on any atom is 0.246 e. The van der Waals surface area contributed by atoms with Crippen molar-refractivity contribution in [2.75, 3.05) is 13.1 Å². The Bertz CT molecular complexity index is 294. The molecule has 0 spiro atoms. The molecule has 0 aromatic carbocycles. The van der Waals surface area contributed by atoms with Gasteiger partial charge in [-0.05, 0) is 11.8 Å². The summed E-state index contributed by atoms with van der Waals surface area (Å²) in [5.41, 5.74) is -0.226. The van der Waals surface area contributed by atoms with Crippen LogP contribution in [0.5, 0.6) is 0 Å². The number of piperazine rings is 1. The maximum absolute atomic E-state index is 12.2. The van der Waals surface area contributed by atoms with Crippen LogP contribution in [0, 0.1) is 5.41 Å². The fourth-order valence-corrected chi connectivity index (χ4v) is 2.03. The van der Waals surface area contributed by atoms with E-state index in [0.29, 0.717) is 6.54 Å². The van der Waals surface area contributed by atoms with Crippen LogP contribution >= 0.6 is 0 Å². The van der Waals surface area contributed by atoms with E-state index in [0.717, 1.165) is 19.3 Å². The lowest BCUT2D eigenvalue weighted by molar-refractivity contribution is -0.147. The van der Waals surface area contributed by atoms with Gasteiger partial charge in [0.25, 0.3) is 0 Å². The zero-order valence-corrected chi connectivity index (χ0v) is 11.4. The summed E-state index contributed by atoms with van der Waals surface area (Å²) in [5.74, 6) is 0.0224. The van der Waals surface area contributed by atoms with E-state index in [1.54, 1.807) is 4.90 Å². The van der Waals surface area contributed by atoms with Gasteiger partial charge in [0, 0.05) is 6.54 Å². The zero-order valence-electron chi connectivity index (χ0n) is 11.4. The van der Waals surface area contributed by atoms with Gasteiger partial charge in [-0.1, -0.05) is 40.5 Å². The Hall–Kier alpha value is -1.06. The number of hydrogen-bond donors (Lipinski definition) is 1. The van der Waals surface area contributed by atoms with Gasteiger partial charge < -0.3 is 10.2 Å². The molecule has 0 radical (unpaired) electrons. The van der Waals surface area contributed by atoms with Gasteiger partial charge >= 0.3 is 0 Å². The molecule has 1 fully saturated rings. The third-order valence-corrected chi connectivity index (χ3v) is 3.10. The van der Waals surface area contributed by atoms with Crippen LogP contribution in [0.15, 0.2) is 0 Å². The van der Waals surface area contributed by atoms with Crippen molar-refractivity contribution >= 4 is 11.8 Å². The van der Waals surface area contributed by atoms with E-state index >= 15 is 0 Å². The van der Waals surface area contributed by atoms with E-state index in [4.69, 9.17) is 0 Å². The molecule has 2 amide bonds. The van der Waals surface area contributed by atoms with Gasteiger partial charge in [-0.2, -0.15) is 0 Å². The third-order valence-electron chi connectivity index (χ3n) is 3.10. The van der Waals surface area contributed by atoms with Gasteiger partial charge in [0.15, 0.2) is 0 Å². The van der Waals surface area contributed by atoms with Crippen molar-refractivity contribution in [1.82, 2.24) is 10.2 Å². The number of nitrogens with zero attached hydrogens (tertiary/aromatic N) is 1. The lowest BCUT2D eigenvalue weighted by atomic mass is 9.84. The van der Waals surface area contributed by atoms with Crippen molar-refractivity contribution in [3.05, 3.63) is 0 Å². The SMILES string of the molecule is CCCCCN1CC(=O)NC(C(C)(C)C)C1=O. The van der Waals surface area contributed by atoms with E-state index in [1.165, 1.54) is 0 Å². The van der Waals surface area contributed by atoms with E-state index in [2.05, 4.69) is 12.2 Å². The van der Waals surface area contributed by atoms with Crippen LogP contribution in [-0.2, 0) is 9.59 Å². The molecule has 1 N–H and O–H groups in total. The first kappa shape index (κ1) is 14.0. The quantitative estimate of drug-likeness (QED) is 0.758. The predicted octanol–water partition coefficient (Wildman–Crippen LogP) is 1.55. The highest BCUT2D eigenvalue weighted by Crippen LogP contribution is 2.23. The summed E-state index contributed by atoms with van der Waals surface area (Å²) < 4.78 is 0. The number of hydrogen-bond acceptors (Lipinski definition) is 2. The number of carbonyl (C=O) groups is 2. The van der Waals surface area contributed by atoms with Crippen molar-refractivity contribution in [3.63, 3.8) is 0 Å². The summed E-state index contributed by atoms with van der Waals surface area (Å²) in [6.07, 6.45) is 3.20. The summed E-state index contributed by atoms with van der Waals surface area (Å²) in [4.78, 5) is 25.5. The Labute approximate surface area is 104 Å². The molecule has 1 saturated heterocycles. The van der Waals surface area contributed by atoms with Gasteiger partial charge in [-0.15, -0.1) is 0 Å². The van der Waals surface area contributed by atoms with Crippen molar-refractivity contribution in [1.29, 1.82) is 0 Å². The molecule has 0 aliphatic carbocycles. The summed E-state index contributed by atoms with van der Waals surface area (Å²) in [7, 11) is 0. The fraction of sp³-hybridized carbons (Fsp3) is 0.846. The van der Waals surface area contributed by atoms with Crippen LogP contribution in [0.4, 0.5) is 0 Å². The molecule has 0 aromatic rings. The summed E-state index contributed by atoms with van der Waals surface area (Å²) in [5, 5.41) is 2.80. The Balaban J connectivity index is 2.66. The minimum Gasteiger partial charge on any atom is -0.342 e. The topological polar surface area (TPSA) is 49.4 Å². The first-order valence-corrected chi connectivity index (χ1v) is 6.44. The minimum atomic E-state index is -0.384. The molecule has 0 aromatic heterocycles. The van der Waals surface area contributed by atoms with Gasteiger partial charge in [0.2, 0.25) is 11.8 Å². The van der Waals surface area contributed by atoms with Crippen molar-refractivity contribution < 1.29 is 9.59 Å². The Kier molecular flexibility index (Phi) is 4.54. The van der Waals surface area contributed by atoms with Crippen LogP contribution in [0.3, 0.4) is 0 Å². The third kappa shape index (κ3) is 3.72. The molecule has 4 heteroatoms. The van der Waals surface area contributed by atoms with E-state index in [1.807, 2.05) is 20.8 Å². The Morgan fingerprint density at radius 3 is 2.47 bits per heavy atom. The smallest absolute Gasteiger partial charge is 0.246 e. The van der Waals surface area contributed by atoms with Crippen LogP contribution < -0.4 is 5.32 Å². The zero-order chi connectivity index (χ0) is 13.1. The fourth-order valence-electron chi connectivity index (χ4n) is 2.03. The van der Waals surface area contributed by atoms with Gasteiger partial charge in [0.1, 0.15) is 6.04 Å². The highest BCUT2D eigenvalue weighted by molar-refractivity contribution is 5.95. The van der Waals surface area contributed by atoms with Crippen molar-refractivity contribution in [3.8, 4) is 0 Å². The normalized spacial score (nSPS) is 21.6. The van der Waals surface area contributed by atoms with E-state index < -0.39 is 0 Å². The molecule has 1 aliphatic rings. The first-order valence-electron chi connectivity index (χ1n) is 6.44. The summed E-state index contributed by atoms with van der Waals surface area (Å²) in [6, 6.07) is -0.384. The van der Waals surface area contributed by atoms with Gasteiger partial charge in [0.05, 0.1) is 6.54 Å². The second-order valence-corrected chi connectivity index (χ2v) is 5.83. The highest BCUT2D eigenvalue weighted by atomic mass is 16.2. The molecule has 98 valence electrons. The summed E-state index contributed by atoms with van der Waals surface area (Å²) in [6.45, 7) is 8.98. The molecule has 1 atom stereocenters. The standard InChI is InChI=1S/C13H24N2O2/c1-5-6-7-8-15-9-10(16)14-11(12(15)17)13(2,3)4/h11H,5-9H2,1-4H3,(H,14,16). The van der Waals surface area contributed by atoms with Gasteiger partial charge in [-0.3, -0.25) is 9.59 Å². The molecule has 1 heterocycles. The minimum absolute atomic E-state index is 0.0407. The number of carbonyl (C=O) groups excluding carboxylic acids is 2. The molecule has 1 unspecified atom stereocenters. The van der Waals surface area contributed by atoms with Crippen molar-refractivity contribution in [2.24, 2.45) is 5.41 Å². The van der Waals surface area contributed by atoms with Crippen LogP contribution in [0.1, 0.15) is 47.0 Å². The summed E-state index contributed by atoms with van der Waals surface area (Å²) >= 11 is 0. The number of amides is 2. The molecular formula is C13H24N2O2. The Morgan fingerprint density at radius 2 is 1.94 bits per heavy atom. The molecule has 4 nitrogen and oxygen atoms in total. The molecule has 1 aliphatic heterocycles. The lowest BCUT2D eigenvalue weighted by Crippen LogP contribution is -2.62. The second-order valence-electron chi connectivity index (χ2n) is 5.83. The van der Waals surface area contributed by atoms with Crippen molar-refractivity contribution in [2.45, 2.75) is 53.0 Å². The monoisotopic (exact) mass is 240 g/mol. The first-order chi connectivity index (χ1) is 7.86. The maximum atomic E-state index is 12.2. The van der Waals surface area contributed by atoms with Crippen LogP contribution in [-0.4, -0.2) is 35.8 Å². The van der Waals surface area contributed by atoms with E-state index in [-0.39, 0.29) is 29.8 Å². The highest BCUT2D eigenvalue weighted by Gasteiger charge is 2.39. The molecular weight excluding hydrogens is 216 g/mol. The molecule has 0 saturated carbocycles.